The van der Waals surface area contributed by atoms with Gasteiger partial charge in [0.2, 0.25) is 5.95 Å². The highest BCUT2D eigenvalue weighted by molar-refractivity contribution is 5.83. The summed E-state index contributed by atoms with van der Waals surface area (Å²) in [6, 6.07) is 17.1. The lowest BCUT2D eigenvalue weighted by Gasteiger charge is -2.12. The smallest absolute Gasteiger partial charge is 0.302 e. The van der Waals surface area contributed by atoms with Crippen molar-refractivity contribution in [2.45, 2.75) is 19.9 Å². The minimum Gasteiger partial charge on any atom is -0.302 e. The Bertz CT molecular complexity index is 1710. The van der Waals surface area contributed by atoms with Gasteiger partial charge in [0.05, 0.1) is 11.1 Å². The number of fused-ring (bicyclic) bond motifs is 2. The lowest BCUT2D eigenvalue weighted by atomic mass is 10.1. The quantitative estimate of drug-likeness (QED) is 0.422. The van der Waals surface area contributed by atoms with E-state index in [-0.39, 0.29) is 22.7 Å². The lowest BCUT2D eigenvalue weighted by molar-refractivity contribution is 0.640. The highest BCUT2D eigenvalue weighted by Crippen LogP contribution is 2.18. The SMILES string of the molecule is Cc1nn(-c2nc3c(c(=O)n(C)c(=O)n3C)n2CCc2ccccc2)c(=O)c2ccccc12. The molecule has 0 atom stereocenters. The molecule has 9 nitrogen and oxygen atoms in total. The minimum absolute atomic E-state index is 0.207. The van der Waals surface area contributed by atoms with E-state index in [4.69, 9.17) is 0 Å². The van der Waals surface area contributed by atoms with Crippen LogP contribution in [0.4, 0.5) is 0 Å². The van der Waals surface area contributed by atoms with Crippen molar-refractivity contribution in [3.8, 4) is 5.95 Å². The number of rotatable bonds is 4. The molecule has 3 heterocycles. The molecule has 0 aliphatic heterocycles. The molecule has 0 saturated heterocycles. The molecule has 166 valence electrons. The fourth-order valence-electron chi connectivity index (χ4n) is 4.18. The van der Waals surface area contributed by atoms with Gasteiger partial charge in [-0.15, -0.1) is 0 Å². The Morgan fingerprint density at radius 1 is 0.818 bits per heavy atom. The molecule has 5 rings (SSSR count). The highest BCUT2D eigenvalue weighted by Gasteiger charge is 2.22. The predicted octanol–water partition coefficient (Wildman–Crippen LogP) is 1.68. The van der Waals surface area contributed by atoms with Gasteiger partial charge in [0, 0.05) is 26.0 Å². The van der Waals surface area contributed by atoms with E-state index in [2.05, 4.69) is 10.1 Å². The van der Waals surface area contributed by atoms with Gasteiger partial charge in [-0.05, 0) is 25.0 Å². The van der Waals surface area contributed by atoms with Crippen molar-refractivity contribution >= 4 is 21.9 Å². The van der Waals surface area contributed by atoms with E-state index in [0.717, 1.165) is 15.5 Å². The zero-order valence-corrected chi connectivity index (χ0v) is 18.5. The van der Waals surface area contributed by atoms with Crippen LogP contribution in [0.5, 0.6) is 0 Å². The van der Waals surface area contributed by atoms with Gasteiger partial charge in [-0.2, -0.15) is 14.8 Å². The molecule has 0 spiro atoms. The topological polar surface area (TPSA) is 96.7 Å². The molecule has 0 aliphatic rings. The molecule has 0 fully saturated rings. The van der Waals surface area contributed by atoms with Crippen LogP contribution in [0.1, 0.15) is 11.3 Å². The number of hydrogen-bond acceptors (Lipinski definition) is 5. The Labute approximate surface area is 187 Å². The first kappa shape index (κ1) is 20.6. The predicted molar refractivity (Wildman–Crippen MR) is 126 cm³/mol. The maximum Gasteiger partial charge on any atom is 0.332 e. The van der Waals surface area contributed by atoms with Crippen molar-refractivity contribution in [1.82, 2.24) is 28.5 Å². The van der Waals surface area contributed by atoms with Crippen LogP contribution < -0.4 is 16.8 Å². The van der Waals surface area contributed by atoms with E-state index in [1.54, 1.807) is 23.7 Å². The molecule has 3 aromatic heterocycles. The fraction of sp³-hybridized carbons (Fsp3) is 0.208. The summed E-state index contributed by atoms with van der Waals surface area (Å²) < 4.78 is 5.28. The van der Waals surface area contributed by atoms with Gasteiger partial charge in [0.15, 0.2) is 11.2 Å². The van der Waals surface area contributed by atoms with Gasteiger partial charge >= 0.3 is 5.69 Å². The van der Waals surface area contributed by atoms with Crippen LogP contribution in [0.15, 0.2) is 69.0 Å². The second-order valence-corrected chi connectivity index (χ2v) is 8.02. The summed E-state index contributed by atoms with van der Waals surface area (Å²) in [5.41, 5.74) is 0.910. The summed E-state index contributed by atoms with van der Waals surface area (Å²) in [5.74, 6) is 0.207. The highest BCUT2D eigenvalue weighted by atomic mass is 16.2. The third-order valence-corrected chi connectivity index (χ3v) is 5.97. The Balaban J connectivity index is 1.83. The largest absolute Gasteiger partial charge is 0.332 e. The first-order valence-electron chi connectivity index (χ1n) is 10.6. The fourth-order valence-corrected chi connectivity index (χ4v) is 4.18. The van der Waals surface area contributed by atoms with Gasteiger partial charge in [0.25, 0.3) is 11.1 Å². The molecule has 0 unspecified atom stereocenters. The van der Waals surface area contributed by atoms with Crippen molar-refractivity contribution in [1.29, 1.82) is 0 Å². The second-order valence-electron chi connectivity index (χ2n) is 8.02. The summed E-state index contributed by atoms with van der Waals surface area (Å²) in [5, 5.41) is 5.78. The monoisotopic (exact) mass is 442 g/mol. The normalized spacial score (nSPS) is 11.5. The molecular weight excluding hydrogens is 420 g/mol. The van der Waals surface area contributed by atoms with E-state index in [1.807, 2.05) is 49.4 Å². The molecule has 0 saturated carbocycles. The second kappa shape index (κ2) is 7.70. The lowest BCUT2D eigenvalue weighted by Crippen LogP contribution is -2.37. The van der Waals surface area contributed by atoms with E-state index in [0.29, 0.717) is 24.0 Å². The summed E-state index contributed by atoms with van der Waals surface area (Å²) in [7, 11) is 2.99. The van der Waals surface area contributed by atoms with Crippen molar-refractivity contribution in [3.63, 3.8) is 0 Å². The summed E-state index contributed by atoms with van der Waals surface area (Å²) >= 11 is 0. The molecule has 5 aromatic rings. The van der Waals surface area contributed by atoms with Gasteiger partial charge in [-0.3, -0.25) is 18.7 Å². The van der Waals surface area contributed by atoms with E-state index >= 15 is 0 Å². The van der Waals surface area contributed by atoms with Crippen LogP contribution in [0, 0.1) is 6.92 Å². The molecule has 9 heteroatoms. The van der Waals surface area contributed by atoms with Gasteiger partial charge in [-0.25, -0.2) is 4.79 Å². The summed E-state index contributed by atoms with van der Waals surface area (Å²) in [6.45, 7) is 2.20. The number of nitrogens with zero attached hydrogens (tertiary/aromatic N) is 6. The zero-order chi connectivity index (χ0) is 23.3. The van der Waals surface area contributed by atoms with Gasteiger partial charge < -0.3 is 4.57 Å². The average Bonchev–Trinajstić information content (AvgIpc) is 3.22. The van der Waals surface area contributed by atoms with E-state index < -0.39 is 11.2 Å². The van der Waals surface area contributed by atoms with Crippen LogP contribution in [-0.2, 0) is 27.1 Å². The third kappa shape index (κ3) is 3.20. The number of imidazole rings is 1. The molecular formula is C24H22N6O3. The molecule has 0 bridgehead atoms. The van der Waals surface area contributed by atoms with Crippen LogP contribution >= 0.6 is 0 Å². The van der Waals surface area contributed by atoms with Crippen molar-refractivity contribution in [2.24, 2.45) is 14.1 Å². The van der Waals surface area contributed by atoms with Crippen LogP contribution in [0.3, 0.4) is 0 Å². The van der Waals surface area contributed by atoms with Crippen LogP contribution in [0.25, 0.3) is 27.9 Å². The molecule has 0 amide bonds. The standard InChI is InChI=1S/C24H22N6O3/c1-15-17-11-7-8-12-18(17)21(31)30(26-15)23-25-20-19(22(32)28(3)24(33)27(20)2)29(23)14-13-16-9-5-4-6-10-16/h4-12H,13-14H2,1-3H3. The van der Waals surface area contributed by atoms with E-state index in [1.165, 1.54) is 16.3 Å². The Kier molecular flexibility index (Phi) is 4.81. The van der Waals surface area contributed by atoms with Gasteiger partial charge in [-0.1, -0.05) is 48.5 Å². The third-order valence-electron chi connectivity index (χ3n) is 5.97. The molecule has 0 N–H and O–H groups in total. The van der Waals surface area contributed by atoms with E-state index in [9.17, 15) is 14.4 Å². The Morgan fingerprint density at radius 2 is 1.48 bits per heavy atom. The molecule has 2 aromatic carbocycles. The summed E-state index contributed by atoms with van der Waals surface area (Å²) in [4.78, 5) is 43.6. The van der Waals surface area contributed by atoms with Crippen LogP contribution in [0.2, 0.25) is 0 Å². The first-order chi connectivity index (χ1) is 15.9. The number of hydrogen-bond donors (Lipinski definition) is 0. The number of benzene rings is 2. The zero-order valence-electron chi connectivity index (χ0n) is 18.5. The molecule has 33 heavy (non-hydrogen) atoms. The molecule has 0 aliphatic carbocycles. The Hall–Kier alpha value is -4.27. The van der Waals surface area contributed by atoms with Crippen molar-refractivity contribution in [2.75, 3.05) is 0 Å². The minimum atomic E-state index is -0.484. The van der Waals surface area contributed by atoms with Crippen LogP contribution in [-0.4, -0.2) is 28.5 Å². The first-order valence-corrected chi connectivity index (χ1v) is 10.6. The maximum atomic E-state index is 13.4. The summed E-state index contributed by atoms with van der Waals surface area (Å²) in [6.07, 6.45) is 0.604. The average molecular weight is 442 g/mol. The molecule has 0 radical (unpaired) electrons. The number of aryl methyl sites for hydroxylation is 4. The maximum absolute atomic E-state index is 13.4. The van der Waals surface area contributed by atoms with Crippen molar-refractivity contribution < 1.29 is 0 Å². The Morgan fingerprint density at radius 3 is 2.21 bits per heavy atom. The van der Waals surface area contributed by atoms with Crippen molar-refractivity contribution in [3.05, 3.63) is 97.0 Å². The number of aromatic nitrogens is 6. The van der Waals surface area contributed by atoms with Gasteiger partial charge in [0.1, 0.15) is 0 Å².